The molecule has 9 nitrogen and oxygen atoms in total. The third-order valence-corrected chi connectivity index (χ3v) is 7.38. The Morgan fingerprint density at radius 2 is 1.68 bits per heavy atom. The lowest BCUT2D eigenvalue weighted by molar-refractivity contribution is -0.143. The van der Waals surface area contributed by atoms with Crippen LogP contribution in [0.15, 0.2) is 0 Å². The molecule has 9 heteroatoms. The number of nitrogens with zero attached hydrogens (tertiary/aromatic N) is 3. The van der Waals surface area contributed by atoms with Crippen molar-refractivity contribution in [3.8, 4) is 0 Å². The smallest absolute Gasteiger partial charge is 0.260 e. The van der Waals surface area contributed by atoms with E-state index >= 15 is 0 Å². The Labute approximate surface area is 205 Å². The molecule has 0 aliphatic carbocycles. The highest BCUT2D eigenvalue weighted by Gasteiger charge is 2.40. The molecule has 3 amide bonds. The maximum Gasteiger partial charge on any atom is 0.260 e. The average Bonchev–Trinajstić information content (AvgIpc) is 3.22. The van der Waals surface area contributed by atoms with Crippen molar-refractivity contribution in [1.82, 2.24) is 25.5 Å². The van der Waals surface area contributed by atoms with Crippen LogP contribution in [0, 0.1) is 11.3 Å². The number of likely N-dealkylation sites (tertiary alicyclic amines) is 2. The van der Waals surface area contributed by atoms with E-state index in [4.69, 9.17) is 4.84 Å². The summed E-state index contributed by atoms with van der Waals surface area (Å²) in [5, 5.41) is 3.10. The van der Waals surface area contributed by atoms with Crippen LogP contribution < -0.4 is 10.8 Å². The van der Waals surface area contributed by atoms with Crippen LogP contribution in [0.2, 0.25) is 0 Å². The second-order valence-electron chi connectivity index (χ2n) is 11.4. The minimum atomic E-state index is -0.632. The first kappa shape index (κ1) is 28.5. The Morgan fingerprint density at radius 1 is 1.03 bits per heavy atom. The zero-order valence-electron chi connectivity index (χ0n) is 22.5. The molecule has 0 saturated carbocycles. The van der Waals surface area contributed by atoms with E-state index in [1.54, 1.807) is 4.90 Å². The third kappa shape index (κ3) is 7.15. The van der Waals surface area contributed by atoms with Gasteiger partial charge in [-0.1, -0.05) is 41.0 Å². The fraction of sp³-hybridized carbons (Fsp3) is 0.880. The van der Waals surface area contributed by atoms with E-state index in [0.717, 1.165) is 45.2 Å². The molecule has 0 aromatic carbocycles. The lowest BCUT2D eigenvalue weighted by Gasteiger charge is -2.41. The van der Waals surface area contributed by atoms with Crippen LogP contribution in [0.5, 0.6) is 0 Å². The van der Waals surface area contributed by atoms with Crippen molar-refractivity contribution in [2.75, 3.05) is 40.8 Å². The van der Waals surface area contributed by atoms with Crippen molar-refractivity contribution >= 4 is 17.7 Å². The molecule has 196 valence electrons. The number of nitrogens with one attached hydrogen (secondary N) is 2. The van der Waals surface area contributed by atoms with Gasteiger partial charge in [0.1, 0.15) is 6.04 Å². The van der Waals surface area contributed by atoms with Crippen LogP contribution >= 0.6 is 0 Å². The predicted octanol–water partition coefficient (Wildman–Crippen LogP) is 1.63. The Morgan fingerprint density at radius 3 is 2.24 bits per heavy atom. The molecule has 2 heterocycles. The number of amides is 3. The molecule has 4 atom stereocenters. The van der Waals surface area contributed by atoms with Gasteiger partial charge in [-0.15, -0.1) is 0 Å². The van der Waals surface area contributed by atoms with E-state index in [0.29, 0.717) is 6.54 Å². The fourth-order valence-electron chi connectivity index (χ4n) is 5.19. The van der Waals surface area contributed by atoms with Crippen LogP contribution in [0.4, 0.5) is 0 Å². The summed E-state index contributed by atoms with van der Waals surface area (Å²) in [5.74, 6) is -0.120. The Balaban J connectivity index is 2.16. The molecule has 34 heavy (non-hydrogen) atoms. The number of hydrogen-bond donors (Lipinski definition) is 2. The molecular weight excluding hydrogens is 434 g/mol. The fourth-order valence-corrected chi connectivity index (χ4v) is 5.19. The van der Waals surface area contributed by atoms with Gasteiger partial charge in [-0.25, -0.2) is 5.48 Å². The monoisotopic (exact) mass is 481 g/mol. The van der Waals surface area contributed by atoms with Gasteiger partial charge in [0, 0.05) is 19.6 Å². The minimum Gasteiger partial charge on any atom is -0.342 e. The van der Waals surface area contributed by atoms with Crippen molar-refractivity contribution in [2.45, 2.75) is 90.9 Å². The predicted molar refractivity (Wildman–Crippen MR) is 133 cm³/mol. The van der Waals surface area contributed by atoms with E-state index in [9.17, 15) is 14.4 Å². The van der Waals surface area contributed by atoms with Crippen molar-refractivity contribution in [1.29, 1.82) is 0 Å². The van der Waals surface area contributed by atoms with Crippen LogP contribution in [0.1, 0.15) is 66.7 Å². The van der Waals surface area contributed by atoms with Crippen LogP contribution in [0.3, 0.4) is 0 Å². The number of hydrogen-bond acceptors (Lipinski definition) is 6. The highest BCUT2D eigenvalue weighted by Crippen LogP contribution is 2.26. The summed E-state index contributed by atoms with van der Waals surface area (Å²) in [6.07, 6.45) is 4.64. The van der Waals surface area contributed by atoms with E-state index < -0.39 is 11.5 Å². The van der Waals surface area contributed by atoms with Crippen molar-refractivity contribution in [2.24, 2.45) is 11.3 Å². The number of likely N-dealkylation sites (N-methyl/N-ethyl adjacent to an activating group) is 2. The maximum absolute atomic E-state index is 13.8. The number of hydroxylamine groups is 1. The number of rotatable bonds is 9. The molecule has 2 fully saturated rings. The molecular formula is C25H47N5O4. The van der Waals surface area contributed by atoms with Gasteiger partial charge in [0.15, 0.2) is 0 Å². The highest BCUT2D eigenvalue weighted by molar-refractivity contribution is 5.90. The summed E-state index contributed by atoms with van der Waals surface area (Å²) in [4.78, 5) is 50.3. The molecule has 2 aliphatic heterocycles. The molecule has 2 N–H and O–H groups in total. The molecule has 2 aliphatic rings. The van der Waals surface area contributed by atoms with Crippen molar-refractivity contribution in [3.05, 3.63) is 0 Å². The molecule has 0 spiro atoms. The van der Waals surface area contributed by atoms with E-state index in [1.807, 2.05) is 34.9 Å². The molecule has 2 saturated heterocycles. The van der Waals surface area contributed by atoms with Crippen molar-refractivity contribution < 1.29 is 19.2 Å². The number of piperidine rings is 1. The van der Waals surface area contributed by atoms with Gasteiger partial charge in [0.25, 0.3) is 5.91 Å². The SMILES string of the molecule is CONC(=O)[C@@H]1CCCN1C[C@H](C(C)C)N(C)C(=O)[C@@H](NC(=O)[C@H]1CCCCN1C)C(C)(C)C. The van der Waals surface area contributed by atoms with E-state index in [-0.39, 0.29) is 41.8 Å². The third-order valence-electron chi connectivity index (χ3n) is 7.38. The minimum absolute atomic E-state index is 0.0687. The first-order chi connectivity index (χ1) is 15.9. The Bertz CT molecular complexity index is 708. The first-order valence-electron chi connectivity index (χ1n) is 12.7. The standard InChI is InChI=1S/C25H47N5O4/c1-17(2)20(16-30-15-11-13-19(30)23(32)27-34-8)29(7)24(33)21(25(3,4)5)26-22(31)18-12-9-10-14-28(18)6/h17-21H,9-16H2,1-8H3,(H,26,31)(H,27,32)/t18-,19+,20-,21-/m1/s1. The summed E-state index contributed by atoms with van der Waals surface area (Å²) in [6, 6.07) is -1.18. The average molecular weight is 482 g/mol. The molecule has 0 bridgehead atoms. The highest BCUT2D eigenvalue weighted by atomic mass is 16.6. The Kier molecular flexibility index (Phi) is 10.3. The first-order valence-corrected chi connectivity index (χ1v) is 12.7. The number of carbonyl (C=O) groups excluding carboxylic acids is 3. The second kappa shape index (κ2) is 12.3. The van der Waals surface area contributed by atoms with Crippen LogP contribution in [-0.2, 0) is 19.2 Å². The van der Waals surface area contributed by atoms with Crippen LogP contribution in [-0.4, -0.2) is 97.4 Å². The lowest BCUT2D eigenvalue weighted by Crippen LogP contribution is -2.61. The summed E-state index contributed by atoms with van der Waals surface area (Å²) in [6.45, 7) is 12.5. The van der Waals surface area contributed by atoms with E-state index in [2.05, 4.69) is 34.4 Å². The summed E-state index contributed by atoms with van der Waals surface area (Å²) >= 11 is 0. The van der Waals surface area contributed by atoms with Gasteiger partial charge in [0.2, 0.25) is 11.8 Å². The van der Waals surface area contributed by atoms with Crippen molar-refractivity contribution in [3.63, 3.8) is 0 Å². The second-order valence-corrected chi connectivity index (χ2v) is 11.4. The van der Waals surface area contributed by atoms with Gasteiger partial charge in [0.05, 0.1) is 19.2 Å². The molecule has 0 aromatic rings. The van der Waals surface area contributed by atoms with Gasteiger partial charge in [-0.2, -0.15) is 0 Å². The molecule has 0 radical (unpaired) electrons. The largest absolute Gasteiger partial charge is 0.342 e. The summed E-state index contributed by atoms with van der Waals surface area (Å²) in [7, 11) is 5.24. The van der Waals surface area contributed by atoms with Gasteiger partial charge in [-0.3, -0.25) is 29.0 Å². The number of carbonyl (C=O) groups is 3. The molecule has 0 unspecified atom stereocenters. The van der Waals surface area contributed by atoms with Gasteiger partial charge < -0.3 is 10.2 Å². The topological polar surface area (TPSA) is 94.2 Å². The quantitative estimate of drug-likeness (QED) is 0.486. The summed E-state index contributed by atoms with van der Waals surface area (Å²) in [5.41, 5.74) is 2.01. The lowest BCUT2D eigenvalue weighted by atomic mass is 9.84. The summed E-state index contributed by atoms with van der Waals surface area (Å²) < 4.78 is 0. The zero-order valence-corrected chi connectivity index (χ0v) is 22.5. The molecule has 0 aromatic heterocycles. The van der Waals surface area contributed by atoms with Crippen LogP contribution in [0.25, 0.3) is 0 Å². The van der Waals surface area contributed by atoms with E-state index in [1.165, 1.54) is 7.11 Å². The normalized spacial score (nSPS) is 24.0. The zero-order chi connectivity index (χ0) is 25.6. The van der Waals surface area contributed by atoms with Gasteiger partial charge >= 0.3 is 0 Å². The molecule has 2 rings (SSSR count). The maximum atomic E-state index is 13.8. The van der Waals surface area contributed by atoms with Gasteiger partial charge in [-0.05, 0) is 57.2 Å². The Hall–Kier alpha value is -1.71.